The van der Waals surface area contributed by atoms with Crippen LogP contribution in [0.15, 0.2) is 30.3 Å². The summed E-state index contributed by atoms with van der Waals surface area (Å²) in [7, 11) is 0. The number of hydrogen-bond donors (Lipinski definition) is 1. The van der Waals surface area contributed by atoms with Crippen LogP contribution < -0.4 is 10.6 Å². The van der Waals surface area contributed by atoms with E-state index in [-0.39, 0.29) is 0 Å². The van der Waals surface area contributed by atoms with Gasteiger partial charge in [0.15, 0.2) is 0 Å². The summed E-state index contributed by atoms with van der Waals surface area (Å²) in [4.78, 5) is 4.91. The Labute approximate surface area is 124 Å². The molecule has 1 aliphatic rings. The highest BCUT2D eigenvalue weighted by Gasteiger charge is 2.20. The average Bonchev–Trinajstić information content (AvgIpc) is 2.81. The fraction of sp³-hybridized carbons (Fsp3) is 0.400. The van der Waals surface area contributed by atoms with Crippen molar-refractivity contribution in [3.05, 3.63) is 41.5 Å². The Hall–Kier alpha value is -1.59. The van der Waals surface area contributed by atoms with E-state index >= 15 is 0 Å². The second-order valence-electron chi connectivity index (χ2n) is 5.25. The van der Waals surface area contributed by atoms with Crippen LogP contribution >= 0.6 is 11.5 Å². The molecule has 0 radical (unpaired) electrons. The largest absolute Gasteiger partial charge is 0.383 e. The number of hydrogen-bond acceptors (Lipinski definition) is 5. The Balaban J connectivity index is 1.58. The van der Waals surface area contributed by atoms with Gasteiger partial charge in [-0.25, -0.2) is 0 Å². The molecule has 2 heterocycles. The van der Waals surface area contributed by atoms with Crippen LogP contribution in [0.1, 0.15) is 11.1 Å². The summed E-state index contributed by atoms with van der Waals surface area (Å²) in [6, 6.07) is 10.7. The standard InChI is InChI=1S/C15H20N4S/c1-12-14(16)17-20-15(12)19-9-7-18(8-10-19)11-13-5-3-2-4-6-13/h2-6H,7-11H2,1H3,(H2,16,17). The first-order valence-corrected chi connectivity index (χ1v) is 7.74. The van der Waals surface area contributed by atoms with E-state index in [1.807, 2.05) is 0 Å². The Morgan fingerprint density at radius 2 is 1.85 bits per heavy atom. The molecule has 106 valence electrons. The van der Waals surface area contributed by atoms with Crippen molar-refractivity contribution in [2.75, 3.05) is 36.8 Å². The number of aromatic nitrogens is 1. The number of nitrogens with zero attached hydrogens (tertiary/aromatic N) is 3. The summed E-state index contributed by atoms with van der Waals surface area (Å²) in [5, 5.41) is 1.24. The quantitative estimate of drug-likeness (QED) is 0.942. The molecule has 0 saturated carbocycles. The molecule has 0 bridgehead atoms. The maximum atomic E-state index is 5.84. The van der Waals surface area contributed by atoms with Crippen molar-refractivity contribution in [2.24, 2.45) is 0 Å². The van der Waals surface area contributed by atoms with E-state index < -0.39 is 0 Å². The van der Waals surface area contributed by atoms with Gasteiger partial charge in [-0.1, -0.05) is 30.3 Å². The predicted octanol–water partition coefficient (Wildman–Crippen LogP) is 2.36. The molecular weight excluding hydrogens is 268 g/mol. The highest BCUT2D eigenvalue weighted by Crippen LogP contribution is 2.30. The molecule has 1 fully saturated rings. The van der Waals surface area contributed by atoms with E-state index in [1.165, 1.54) is 22.1 Å². The second-order valence-corrected chi connectivity index (χ2v) is 6.00. The lowest BCUT2D eigenvalue weighted by Gasteiger charge is -2.35. The van der Waals surface area contributed by atoms with Gasteiger partial charge in [-0.3, -0.25) is 4.90 Å². The fourth-order valence-corrected chi connectivity index (χ4v) is 3.45. The third-order valence-corrected chi connectivity index (χ3v) is 4.87. The predicted molar refractivity (Wildman–Crippen MR) is 85.2 cm³/mol. The van der Waals surface area contributed by atoms with Gasteiger partial charge >= 0.3 is 0 Å². The number of nitrogens with two attached hydrogens (primary N) is 1. The monoisotopic (exact) mass is 288 g/mol. The summed E-state index contributed by atoms with van der Waals surface area (Å²) in [5.74, 6) is 0.678. The normalized spacial score (nSPS) is 16.6. The van der Waals surface area contributed by atoms with Crippen LogP contribution in [-0.4, -0.2) is 35.5 Å². The molecule has 3 rings (SSSR count). The van der Waals surface area contributed by atoms with Gasteiger partial charge in [0, 0.05) is 38.3 Å². The maximum Gasteiger partial charge on any atom is 0.142 e. The van der Waals surface area contributed by atoms with Crippen LogP contribution in [0.4, 0.5) is 10.8 Å². The maximum absolute atomic E-state index is 5.84. The van der Waals surface area contributed by atoms with Gasteiger partial charge in [0.25, 0.3) is 0 Å². The minimum Gasteiger partial charge on any atom is -0.383 e. The van der Waals surface area contributed by atoms with Crippen molar-refractivity contribution in [2.45, 2.75) is 13.5 Å². The van der Waals surface area contributed by atoms with Crippen molar-refractivity contribution in [1.29, 1.82) is 0 Å². The smallest absolute Gasteiger partial charge is 0.142 e. The zero-order valence-corrected chi connectivity index (χ0v) is 12.6. The average molecular weight is 288 g/mol. The topological polar surface area (TPSA) is 45.4 Å². The van der Waals surface area contributed by atoms with Gasteiger partial charge in [0.1, 0.15) is 10.8 Å². The highest BCUT2D eigenvalue weighted by molar-refractivity contribution is 7.10. The van der Waals surface area contributed by atoms with Crippen LogP contribution in [0.25, 0.3) is 0 Å². The molecule has 0 spiro atoms. The van der Waals surface area contributed by atoms with Gasteiger partial charge in [0.05, 0.1) is 0 Å². The van der Waals surface area contributed by atoms with E-state index in [9.17, 15) is 0 Å². The minimum atomic E-state index is 0.678. The number of anilines is 2. The van der Waals surface area contributed by atoms with Crippen LogP contribution in [0.5, 0.6) is 0 Å². The van der Waals surface area contributed by atoms with Crippen LogP contribution in [0.3, 0.4) is 0 Å². The molecule has 1 saturated heterocycles. The Morgan fingerprint density at radius 1 is 1.15 bits per heavy atom. The van der Waals surface area contributed by atoms with Crippen molar-refractivity contribution in [3.8, 4) is 0 Å². The van der Waals surface area contributed by atoms with E-state index in [2.05, 4.69) is 51.4 Å². The zero-order valence-electron chi connectivity index (χ0n) is 11.7. The first-order chi connectivity index (χ1) is 9.74. The van der Waals surface area contributed by atoms with Crippen molar-refractivity contribution in [1.82, 2.24) is 9.27 Å². The fourth-order valence-electron chi connectivity index (χ4n) is 2.58. The van der Waals surface area contributed by atoms with E-state index in [1.54, 1.807) is 0 Å². The third-order valence-electron chi connectivity index (χ3n) is 3.84. The molecule has 0 amide bonds. The van der Waals surface area contributed by atoms with Crippen molar-refractivity contribution < 1.29 is 0 Å². The lowest BCUT2D eigenvalue weighted by molar-refractivity contribution is 0.250. The molecule has 1 aromatic carbocycles. The van der Waals surface area contributed by atoms with Gasteiger partial charge in [-0.15, -0.1) is 0 Å². The Bertz CT molecular complexity index is 559. The number of benzene rings is 1. The van der Waals surface area contributed by atoms with E-state index in [0.717, 1.165) is 38.3 Å². The molecule has 1 aromatic heterocycles. The Morgan fingerprint density at radius 3 is 2.45 bits per heavy atom. The minimum absolute atomic E-state index is 0.678. The van der Waals surface area contributed by atoms with Gasteiger partial charge < -0.3 is 10.6 Å². The third kappa shape index (κ3) is 2.78. The molecule has 0 atom stereocenters. The molecule has 4 nitrogen and oxygen atoms in total. The highest BCUT2D eigenvalue weighted by atomic mass is 32.1. The molecule has 0 unspecified atom stereocenters. The van der Waals surface area contributed by atoms with Crippen LogP contribution in [0, 0.1) is 6.92 Å². The number of piperazine rings is 1. The molecule has 2 aromatic rings. The molecule has 20 heavy (non-hydrogen) atoms. The lowest BCUT2D eigenvalue weighted by Crippen LogP contribution is -2.45. The van der Waals surface area contributed by atoms with Crippen LogP contribution in [-0.2, 0) is 6.54 Å². The number of nitrogen functional groups attached to an aromatic ring is 1. The van der Waals surface area contributed by atoms with Crippen LogP contribution in [0.2, 0.25) is 0 Å². The molecule has 1 aliphatic heterocycles. The molecule has 5 heteroatoms. The molecular formula is C15H20N4S. The molecule has 0 aliphatic carbocycles. The summed E-state index contributed by atoms with van der Waals surface area (Å²) in [6.45, 7) is 7.38. The summed E-state index contributed by atoms with van der Waals surface area (Å²) in [6.07, 6.45) is 0. The first-order valence-electron chi connectivity index (χ1n) is 6.97. The SMILES string of the molecule is Cc1c(N)nsc1N1CCN(Cc2ccccc2)CC1. The Kier molecular flexibility index (Phi) is 3.89. The van der Waals surface area contributed by atoms with Gasteiger partial charge in [-0.05, 0) is 24.0 Å². The summed E-state index contributed by atoms with van der Waals surface area (Å²) < 4.78 is 4.24. The van der Waals surface area contributed by atoms with Gasteiger partial charge in [0.2, 0.25) is 0 Å². The van der Waals surface area contributed by atoms with E-state index in [4.69, 9.17) is 5.73 Å². The lowest BCUT2D eigenvalue weighted by atomic mass is 10.2. The molecule has 2 N–H and O–H groups in total. The first kappa shape index (κ1) is 13.4. The van der Waals surface area contributed by atoms with E-state index in [0.29, 0.717) is 5.82 Å². The zero-order chi connectivity index (χ0) is 13.9. The van der Waals surface area contributed by atoms with Crippen molar-refractivity contribution in [3.63, 3.8) is 0 Å². The van der Waals surface area contributed by atoms with Crippen molar-refractivity contribution >= 4 is 22.4 Å². The second kappa shape index (κ2) is 5.81. The van der Waals surface area contributed by atoms with Gasteiger partial charge in [-0.2, -0.15) is 4.37 Å². The summed E-state index contributed by atoms with van der Waals surface area (Å²) in [5.41, 5.74) is 8.36. The number of rotatable bonds is 3. The summed E-state index contributed by atoms with van der Waals surface area (Å²) >= 11 is 1.52.